The van der Waals surface area contributed by atoms with Crippen LogP contribution in [0.5, 0.6) is 11.5 Å². The molecule has 1 aromatic heterocycles. The van der Waals surface area contributed by atoms with E-state index in [1.165, 1.54) is 0 Å². The average Bonchev–Trinajstić information content (AvgIpc) is 2.77. The summed E-state index contributed by atoms with van der Waals surface area (Å²) in [7, 11) is 1.63. The van der Waals surface area contributed by atoms with Gasteiger partial charge >= 0.3 is 0 Å². The quantitative estimate of drug-likeness (QED) is 0.844. The van der Waals surface area contributed by atoms with Gasteiger partial charge in [-0.15, -0.1) is 0 Å². The van der Waals surface area contributed by atoms with Crippen molar-refractivity contribution in [2.45, 2.75) is 20.1 Å². The van der Waals surface area contributed by atoms with Gasteiger partial charge in [-0.2, -0.15) is 5.10 Å². The second kappa shape index (κ2) is 5.55. The van der Waals surface area contributed by atoms with Crippen LogP contribution in [0.3, 0.4) is 0 Å². The number of ether oxygens (including phenoxy) is 2. The fourth-order valence-electron chi connectivity index (χ4n) is 1.72. The molecule has 0 aliphatic carbocycles. The highest BCUT2D eigenvalue weighted by Gasteiger charge is 2.09. The van der Waals surface area contributed by atoms with Gasteiger partial charge in [0.05, 0.1) is 7.11 Å². The van der Waals surface area contributed by atoms with E-state index in [-0.39, 0.29) is 0 Å². The van der Waals surface area contributed by atoms with Crippen LogP contribution in [0, 0.1) is 6.92 Å². The Labute approximate surface area is 106 Å². The van der Waals surface area contributed by atoms with E-state index >= 15 is 0 Å². The summed E-state index contributed by atoms with van der Waals surface area (Å²) >= 11 is 0. The molecule has 1 heterocycles. The van der Waals surface area contributed by atoms with Crippen molar-refractivity contribution in [2.24, 2.45) is 5.73 Å². The third-order valence-corrected chi connectivity index (χ3v) is 2.80. The zero-order chi connectivity index (χ0) is 13.0. The number of hydrogen-bond acceptors (Lipinski definition) is 4. The molecule has 96 valence electrons. The Kier molecular flexibility index (Phi) is 3.84. The van der Waals surface area contributed by atoms with Crippen LogP contribution in [0.4, 0.5) is 0 Å². The summed E-state index contributed by atoms with van der Waals surface area (Å²) < 4.78 is 10.7. The lowest BCUT2D eigenvalue weighted by Crippen LogP contribution is -2.04. The second-order valence-corrected chi connectivity index (χ2v) is 3.94. The molecule has 0 saturated heterocycles. The first-order valence-electron chi connectivity index (χ1n) is 5.74. The fraction of sp³-hybridized carbons (Fsp3) is 0.308. The highest BCUT2D eigenvalue weighted by atomic mass is 16.5. The van der Waals surface area contributed by atoms with E-state index < -0.39 is 0 Å². The molecule has 0 spiro atoms. The van der Waals surface area contributed by atoms with Gasteiger partial charge in [-0.25, -0.2) is 0 Å². The molecule has 0 saturated carbocycles. The molecule has 1 aromatic carbocycles. The molecule has 2 rings (SSSR count). The SMILES string of the molecule is COc1ccc(OCc2n[nH]c(C)c2CN)cc1. The third kappa shape index (κ3) is 2.62. The molecule has 0 atom stereocenters. The fourth-order valence-corrected chi connectivity index (χ4v) is 1.72. The van der Waals surface area contributed by atoms with Crippen molar-refractivity contribution in [3.63, 3.8) is 0 Å². The third-order valence-electron chi connectivity index (χ3n) is 2.80. The average molecular weight is 247 g/mol. The number of hydrogen-bond donors (Lipinski definition) is 2. The number of aromatic amines is 1. The van der Waals surface area contributed by atoms with Gasteiger partial charge in [-0.1, -0.05) is 0 Å². The monoisotopic (exact) mass is 247 g/mol. The lowest BCUT2D eigenvalue weighted by molar-refractivity contribution is 0.299. The van der Waals surface area contributed by atoms with E-state index in [1.54, 1.807) is 7.11 Å². The minimum atomic E-state index is 0.406. The van der Waals surface area contributed by atoms with Crippen molar-refractivity contribution in [1.82, 2.24) is 10.2 Å². The minimum Gasteiger partial charge on any atom is -0.497 e. The maximum Gasteiger partial charge on any atom is 0.132 e. The first kappa shape index (κ1) is 12.4. The van der Waals surface area contributed by atoms with Gasteiger partial charge in [0.2, 0.25) is 0 Å². The van der Waals surface area contributed by atoms with Crippen molar-refractivity contribution < 1.29 is 9.47 Å². The summed E-state index contributed by atoms with van der Waals surface area (Å²) in [6.07, 6.45) is 0. The van der Waals surface area contributed by atoms with Crippen LogP contribution in [0.2, 0.25) is 0 Å². The number of H-pyrrole nitrogens is 1. The largest absolute Gasteiger partial charge is 0.497 e. The smallest absolute Gasteiger partial charge is 0.132 e. The number of nitrogens with zero attached hydrogens (tertiary/aromatic N) is 1. The second-order valence-electron chi connectivity index (χ2n) is 3.94. The first-order chi connectivity index (χ1) is 8.74. The van der Waals surface area contributed by atoms with Gasteiger partial charge in [-0.05, 0) is 31.2 Å². The molecule has 2 aromatic rings. The van der Waals surface area contributed by atoms with E-state index in [2.05, 4.69) is 10.2 Å². The topological polar surface area (TPSA) is 73.2 Å². The van der Waals surface area contributed by atoms with Gasteiger partial charge in [0, 0.05) is 17.8 Å². The molecular formula is C13H17N3O2. The minimum absolute atomic E-state index is 0.406. The van der Waals surface area contributed by atoms with Crippen molar-refractivity contribution in [3.8, 4) is 11.5 Å². The number of rotatable bonds is 5. The molecule has 0 fully saturated rings. The number of aromatic nitrogens is 2. The number of aryl methyl sites for hydroxylation is 1. The Hall–Kier alpha value is -2.01. The van der Waals surface area contributed by atoms with Gasteiger partial charge < -0.3 is 15.2 Å². The molecule has 5 heteroatoms. The lowest BCUT2D eigenvalue weighted by atomic mass is 10.2. The summed E-state index contributed by atoms with van der Waals surface area (Å²) in [5.74, 6) is 1.58. The molecule has 0 radical (unpaired) electrons. The first-order valence-corrected chi connectivity index (χ1v) is 5.74. The maximum atomic E-state index is 5.67. The predicted molar refractivity (Wildman–Crippen MR) is 68.5 cm³/mol. The van der Waals surface area contributed by atoms with E-state index in [1.807, 2.05) is 31.2 Å². The van der Waals surface area contributed by atoms with Gasteiger partial charge in [0.1, 0.15) is 23.8 Å². The summed E-state index contributed by atoms with van der Waals surface area (Å²) in [6.45, 7) is 2.82. The summed E-state index contributed by atoms with van der Waals surface area (Å²) in [5.41, 5.74) is 8.53. The van der Waals surface area contributed by atoms with E-state index in [4.69, 9.17) is 15.2 Å². The highest BCUT2D eigenvalue weighted by molar-refractivity contribution is 5.31. The lowest BCUT2D eigenvalue weighted by Gasteiger charge is -2.06. The predicted octanol–water partition coefficient (Wildman–Crippen LogP) is 1.76. The Morgan fingerprint density at radius 1 is 1.22 bits per heavy atom. The highest BCUT2D eigenvalue weighted by Crippen LogP contribution is 2.19. The standard InChI is InChI=1S/C13H17N3O2/c1-9-12(7-14)13(16-15-9)8-18-11-5-3-10(17-2)4-6-11/h3-6H,7-8,14H2,1-2H3,(H,15,16). The van der Waals surface area contributed by atoms with Crippen molar-refractivity contribution in [2.75, 3.05) is 7.11 Å². The van der Waals surface area contributed by atoms with E-state index in [9.17, 15) is 0 Å². The molecule has 0 aliphatic heterocycles. The summed E-state index contributed by atoms with van der Waals surface area (Å²) in [5, 5.41) is 7.09. The molecule has 3 N–H and O–H groups in total. The van der Waals surface area contributed by atoms with Crippen LogP contribution >= 0.6 is 0 Å². The molecule has 0 bridgehead atoms. The Morgan fingerprint density at radius 3 is 2.50 bits per heavy atom. The zero-order valence-electron chi connectivity index (χ0n) is 10.6. The molecule has 5 nitrogen and oxygen atoms in total. The van der Waals surface area contributed by atoms with Crippen LogP contribution in [0.1, 0.15) is 17.0 Å². The normalized spacial score (nSPS) is 10.4. The Balaban J connectivity index is 2.02. The van der Waals surface area contributed by atoms with Crippen molar-refractivity contribution in [3.05, 3.63) is 41.2 Å². The molecule has 0 unspecified atom stereocenters. The van der Waals surface area contributed by atoms with Crippen molar-refractivity contribution >= 4 is 0 Å². The van der Waals surface area contributed by atoms with Gasteiger partial charge in [0.25, 0.3) is 0 Å². The van der Waals surface area contributed by atoms with Gasteiger partial charge in [-0.3, -0.25) is 5.10 Å². The number of methoxy groups -OCH3 is 1. The van der Waals surface area contributed by atoms with Crippen LogP contribution in [-0.4, -0.2) is 17.3 Å². The van der Waals surface area contributed by atoms with E-state index in [0.29, 0.717) is 13.2 Å². The molecule has 0 aliphatic rings. The van der Waals surface area contributed by atoms with Crippen LogP contribution < -0.4 is 15.2 Å². The van der Waals surface area contributed by atoms with Crippen LogP contribution in [0.25, 0.3) is 0 Å². The van der Waals surface area contributed by atoms with Gasteiger partial charge in [0.15, 0.2) is 0 Å². The zero-order valence-corrected chi connectivity index (χ0v) is 10.6. The molecular weight excluding hydrogens is 230 g/mol. The molecule has 18 heavy (non-hydrogen) atoms. The Morgan fingerprint density at radius 2 is 1.89 bits per heavy atom. The molecule has 0 amide bonds. The number of nitrogens with one attached hydrogen (secondary N) is 1. The summed E-state index contributed by atoms with van der Waals surface area (Å²) in [6, 6.07) is 7.44. The number of nitrogens with two attached hydrogens (primary N) is 1. The number of benzene rings is 1. The maximum absolute atomic E-state index is 5.67. The Bertz CT molecular complexity index is 505. The van der Waals surface area contributed by atoms with Crippen LogP contribution in [-0.2, 0) is 13.2 Å². The van der Waals surface area contributed by atoms with Crippen LogP contribution in [0.15, 0.2) is 24.3 Å². The van der Waals surface area contributed by atoms with E-state index in [0.717, 1.165) is 28.5 Å². The summed E-state index contributed by atoms with van der Waals surface area (Å²) in [4.78, 5) is 0. The van der Waals surface area contributed by atoms with Crippen molar-refractivity contribution in [1.29, 1.82) is 0 Å².